The van der Waals surface area contributed by atoms with Gasteiger partial charge >= 0.3 is 0 Å². The van der Waals surface area contributed by atoms with Gasteiger partial charge in [-0.1, -0.05) is 12.1 Å². The van der Waals surface area contributed by atoms with E-state index in [1.54, 1.807) is 6.92 Å². The Hall–Kier alpha value is -0.460. The molecule has 106 valence electrons. The predicted octanol–water partition coefficient (Wildman–Crippen LogP) is 2.88. The molecule has 2 aliphatic rings. The van der Waals surface area contributed by atoms with Gasteiger partial charge in [0.1, 0.15) is 10.6 Å². The number of anilines is 1. The highest BCUT2D eigenvalue weighted by molar-refractivity contribution is 7.92. The molecule has 1 unspecified atom stereocenters. The SMILES string of the molecule is CC1(CS(=O)(=O)Nc2nocc2C2CC2)CC1(Cl)Cl. The Labute approximate surface area is 121 Å². The van der Waals surface area contributed by atoms with Crippen LogP contribution in [0.15, 0.2) is 10.8 Å². The molecule has 1 N–H and O–H groups in total. The van der Waals surface area contributed by atoms with Crippen LogP contribution in [0.2, 0.25) is 0 Å². The molecule has 0 spiro atoms. The van der Waals surface area contributed by atoms with Gasteiger partial charge in [0.2, 0.25) is 10.0 Å². The number of hydrogen-bond donors (Lipinski definition) is 1. The van der Waals surface area contributed by atoms with Crippen LogP contribution in [0.1, 0.15) is 37.7 Å². The van der Waals surface area contributed by atoms with Gasteiger partial charge in [-0.15, -0.1) is 23.2 Å². The molecule has 0 radical (unpaired) electrons. The second-order valence-electron chi connectivity index (χ2n) is 5.70. The normalized spacial score (nSPS) is 29.2. The van der Waals surface area contributed by atoms with Crippen LogP contribution in [0.3, 0.4) is 0 Å². The van der Waals surface area contributed by atoms with Crippen molar-refractivity contribution >= 4 is 39.0 Å². The first kappa shape index (κ1) is 13.5. The number of halogens is 2. The van der Waals surface area contributed by atoms with Crippen molar-refractivity contribution in [3.63, 3.8) is 0 Å². The summed E-state index contributed by atoms with van der Waals surface area (Å²) in [7, 11) is -3.54. The molecule has 2 aliphatic carbocycles. The van der Waals surface area contributed by atoms with Gasteiger partial charge in [-0.3, -0.25) is 4.72 Å². The van der Waals surface area contributed by atoms with Crippen LogP contribution in [-0.2, 0) is 10.0 Å². The highest BCUT2D eigenvalue weighted by Gasteiger charge is 2.64. The monoisotopic (exact) mass is 324 g/mol. The minimum absolute atomic E-state index is 0.121. The summed E-state index contributed by atoms with van der Waals surface area (Å²) in [5, 5.41) is 3.72. The van der Waals surface area contributed by atoms with Crippen LogP contribution >= 0.6 is 23.2 Å². The number of rotatable bonds is 5. The Balaban J connectivity index is 1.73. The smallest absolute Gasteiger partial charge is 0.234 e. The molecule has 0 amide bonds. The lowest BCUT2D eigenvalue weighted by Crippen LogP contribution is -2.25. The second kappa shape index (κ2) is 4.02. The standard InChI is InChI=1S/C11H14Cl2N2O3S/c1-10(5-11(10,12)13)6-19(16,17)15-9-8(4-18-14-9)7-2-3-7/h4,7H,2-3,5-6H2,1H3,(H,14,15). The topological polar surface area (TPSA) is 72.2 Å². The van der Waals surface area contributed by atoms with E-state index >= 15 is 0 Å². The number of aromatic nitrogens is 1. The first-order chi connectivity index (χ1) is 8.73. The average molecular weight is 325 g/mol. The minimum Gasteiger partial charge on any atom is -0.362 e. The average Bonchev–Trinajstić information content (AvgIpc) is 3.08. The third kappa shape index (κ3) is 2.58. The summed E-state index contributed by atoms with van der Waals surface area (Å²) in [6.07, 6.45) is 4.06. The second-order valence-corrected chi connectivity index (χ2v) is 8.90. The summed E-state index contributed by atoms with van der Waals surface area (Å²) in [6.45, 7) is 1.76. The zero-order valence-corrected chi connectivity index (χ0v) is 12.6. The van der Waals surface area contributed by atoms with Crippen LogP contribution in [0.25, 0.3) is 0 Å². The minimum atomic E-state index is -3.54. The molecule has 1 heterocycles. The van der Waals surface area contributed by atoms with Gasteiger partial charge < -0.3 is 4.52 Å². The van der Waals surface area contributed by atoms with Gasteiger partial charge in [-0.05, 0) is 25.2 Å². The van der Waals surface area contributed by atoms with Gasteiger partial charge in [-0.2, -0.15) is 0 Å². The van der Waals surface area contributed by atoms with Crippen LogP contribution in [0.5, 0.6) is 0 Å². The zero-order valence-electron chi connectivity index (χ0n) is 10.3. The fourth-order valence-corrected chi connectivity index (χ4v) is 4.80. The van der Waals surface area contributed by atoms with Gasteiger partial charge in [0.25, 0.3) is 0 Å². The van der Waals surface area contributed by atoms with E-state index in [0.29, 0.717) is 18.2 Å². The van der Waals surface area contributed by atoms with Crippen LogP contribution in [0, 0.1) is 5.41 Å². The van der Waals surface area contributed by atoms with Crippen molar-refractivity contribution < 1.29 is 12.9 Å². The van der Waals surface area contributed by atoms with E-state index in [4.69, 9.17) is 27.7 Å². The van der Waals surface area contributed by atoms with Gasteiger partial charge in [0.15, 0.2) is 5.82 Å². The van der Waals surface area contributed by atoms with Crippen molar-refractivity contribution in [1.29, 1.82) is 0 Å². The van der Waals surface area contributed by atoms with Crippen LogP contribution in [0.4, 0.5) is 5.82 Å². The number of alkyl halides is 2. The van der Waals surface area contributed by atoms with Crippen molar-refractivity contribution in [3.05, 3.63) is 11.8 Å². The van der Waals surface area contributed by atoms with E-state index < -0.39 is 19.8 Å². The molecule has 1 aromatic heterocycles. The van der Waals surface area contributed by atoms with E-state index in [9.17, 15) is 8.42 Å². The molecule has 0 aliphatic heterocycles. The van der Waals surface area contributed by atoms with E-state index in [1.807, 2.05) is 0 Å². The number of nitrogens with one attached hydrogen (secondary N) is 1. The number of hydrogen-bond acceptors (Lipinski definition) is 4. The first-order valence-electron chi connectivity index (χ1n) is 6.05. The summed E-state index contributed by atoms with van der Waals surface area (Å²) >= 11 is 11.9. The van der Waals surface area contributed by atoms with Gasteiger partial charge in [-0.25, -0.2) is 8.42 Å². The summed E-state index contributed by atoms with van der Waals surface area (Å²) in [6, 6.07) is 0. The summed E-state index contributed by atoms with van der Waals surface area (Å²) in [5.41, 5.74) is 0.221. The molecule has 0 aromatic carbocycles. The summed E-state index contributed by atoms with van der Waals surface area (Å²) < 4.78 is 30.6. The third-order valence-corrected chi connectivity index (χ3v) is 6.45. The molecule has 1 atom stereocenters. The van der Waals surface area contributed by atoms with E-state index in [1.165, 1.54) is 6.26 Å². The lowest BCUT2D eigenvalue weighted by molar-refractivity contribution is 0.422. The predicted molar refractivity (Wildman–Crippen MR) is 73.0 cm³/mol. The zero-order chi connectivity index (χ0) is 13.9. The Morgan fingerprint density at radius 3 is 2.68 bits per heavy atom. The molecule has 0 saturated heterocycles. The van der Waals surface area contributed by atoms with E-state index in [-0.39, 0.29) is 5.75 Å². The van der Waals surface area contributed by atoms with Crippen molar-refractivity contribution in [2.45, 2.75) is 36.4 Å². The largest absolute Gasteiger partial charge is 0.362 e. The molecule has 3 rings (SSSR count). The maximum absolute atomic E-state index is 12.1. The highest BCUT2D eigenvalue weighted by atomic mass is 35.5. The van der Waals surface area contributed by atoms with E-state index in [2.05, 4.69) is 9.88 Å². The molecule has 8 heteroatoms. The molecule has 5 nitrogen and oxygen atoms in total. The number of nitrogens with zero attached hydrogens (tertiary/aromatic N) is 1. The lowest BCUT2D eigenvalue weighted by Gasteiger charge is -2.13. The van der Waals surface area contributed by atoms with Crippen LogP contribution < -0.4 is 4.72 Å². The van der Waals surface area contributed by atoms with Crippen LogP contribution in [-0.4, -0.2) is 23.7 Å². The molecular formula is C11H14Cl2N2O3S. The molecular weight excluding hydrogens is 311 g/mol. The maximum Gasteiger partial charge on any atom is 0.234 e. The van der Waals surface area contributed by atoms with Crippen molar-refractivity contribution in [2.75, 3.05) is 10.5 Å². The Kier molecular flexibility index (Phi) is 2.86. The van der Waals surface area contributed by atoms with E-state index in [0.717, 1.165) is 18.4 Å². The lowest BCUT2D eigenvalue weighted by atomic mass is 10.2. The van der Waals surface area contributed by atoms with Gasteiger partial charge in [0.05, 0.1) is 5.75 Å². The fourth-order valence-electron chi connectivity index (χ4n) is 2.21. The number of sulfonamides is 1. The quantitative estimate of drug-likeness (QED) is 0.845. The van der Waals surface area contributed by atoms with Crippen molar-refractivity contribution in [3.8, 4) is 0 Å². The fraction of sp³-hybridized carbons (Fsp3) is 0.727. The molecule has 2 fully saturated rings. The third-order valence-electron chi connectivity index (χ3n) is 3.75. The Morgan fingerprint density at radius 1 is 1.53 bits per heavy atom. The molecule has 2 saturated carbocycles. The van der Waals surface area contributed by atoms with Crippen molar-refractivity contribution in [2.24, 2.45) is 5.41 Å². The molecule has 1 aromatic rings. The van der Waals surface area contributed by atoms with Gasteiger partial charge in [0, 0.05) is 11.0 Å². The Morgan fingerprint density at radius 2 is 2.16 bits per heavy atom. The summed E-state index contributed by atoms with van der Waals surface area (Å²) in [4.78, 5) is 0. The highest BCUT2D eigenvalue weighted by Crippen LogP contribution is 2.64. The Bertz CT molecular complexity index is 609. The molecule has 0 bridgehead atoms. The maximum atomic E-state index is 12.1. The first-order valence-corrected chi connectivity index (χ1v) is 8.46. The van der Waals surface area contributed by atoms with Crippen molar-refractivity contribution in [1.82, 2.24) is 5.16 Å². The molecule has 19 heavy (non-hydrogen) atoms. The summed E-state index contributed by atoms with van der Waals surface area (Å²) in [5.74, 6) is 0.534.